The van der Waals surface area contributed by atoms with Crippen LogP contribution in [0.5, 0.6) is 0 Å². The van der Waals surface area contributed by atoms with E-state index < -0.39 is 0 Å². The number of aromatic nitrogens is 4. The maximum atomic E-state index is 12.8. The summed E-state index contributed by atoms with van der Waals surface area (Å²) in [6.07, 6.45) is 4.41. The van der Waals surface area contributed by atoms with Crippen LogP contribution in [-0.2, 0) is 0 Å². The lowest BCUT2D eigenvalue weighted by Gasteiger charge is -2.16. The van der Waals surface area contributed by atoms with E-state index in [0.717, 1.165) is 35.9 Å². The van der Waals surface area contributed by atoms with Gasteiger partial charge < -0.3 is 4.90 Å². The van der Waals surface area contributed by atoms with Gasteiger partial charge in [-0.2, -0.15) is 5.10 Å². The van der Waals surface area contributed by atoms with Crippen molar-refractivity contribution in [1.29, 1.82) is 0 Å². The first kappa shape index (κ1) is 16.4. The van der Waals surface area contributed by atoms with Gasteiger partial charge in [-0.25, -0.2) is 14.6 Å². The summed E-state index contributed by atoms with van der Waals surface area (Å²) in [5, 5.41) is 4.48. The van der Waals surface area contributed by atoms with Crippen LogP contribution in [-0.4, -0.2) is 43.6 Å². The van der Waals surface area contributed by atoms with Crippen molar-refractivity contribution in [2.24, 2.45) is 0 Å². The Morgan fingerprint density at radius 1 is 1.12 bits per heavy atom. The molecule has 1 aromatic carbocycles. The fourth-order valence-electron chi connectivity index (χ4n) is 3.49. The average molecular weight is 347 g/mol. The molecule has 0 saturated carbocycles. The summed E-state index contributed by atoms with van der Waals surface area (Å²) in [6.45, 7) is 5.40. The predicted octanol–water partition coefficient (Wildman–Crippen LogP) is 2.91. The third-order valence-corrected chi connectivity index (χ3v) is 4.79. The average Bonchev–Trinajstić information content (AvgIpc) is 3.29. The molecule has 1 saturated heterocycles. The summed E-state index contributed by atoms with van der Waals surface area (Å²) in [5.74, 6) is 1.10. The second-order valence-corrected chi connectivity index (χ2v) is 6.73. The first-order valence-electron chi connectivity index (χ1n) is 8.82. The van der Waals surface area contributed by atoms with E-state index in [4.69, 9.17) is 0 Å². The van der Waals surface area contributed by atoms with Crippen LogP contribution in [0, 0.1) is 13.8 Å². The van der Waals surface area contributed by atoms with E-state index in [1.807, 2.05) is 59.8 Å². The minimum Gasteiger partial charge on any atom is -0.338 e. The lowest BCUT2D eigenvalue weighted by atomic mass is 10.1. The van der Waals surface area contributed by atoms with Crippen LogP contribution in [0.15, 0.2) is 48.8 Å². The van der Waals surface area contributed by atoms with Gasteiger partial charge >= 0.3 is 0 Å². The standard InChI is InChI=1S/C20H21N5O/c1-14-12-15(2)25(23-14)18-6-4-16(5-7-18)20(26)24-11-8-17(13-24)19-21-9-3-10-22-19/h3-7,9-10,12,17H,8,11,13H2,1-2H3. The first-order valence-corrected chi connectivity index (χ1v) is 8.82. The maximum Gasteiger partial charge on any atom is 0.253 e. The highest BCUT2D eigenvalue weighted by atomic mass is 16.2. The number of rotatable bonds is 3. The van der Waals surface area contributed by atoms with Crippen molar-refractivity contribution in [3.05, 3.63) is 71.6 Å². The molecule has 1 aliphatic rings. The topological polar surface area (TPSA) is 63.9 Å². The Morgan fingerprint density at radius 2 is 1.85 bits per heavy atom. The summed E-state index contributed by atoms with van der Waals surface area (Å²) < 4.78 is 1.89. The van der Waals surface area contributed by atoms with Gasteiger partial charge in [0.05, 0.1) is 11.4 Å². The molecule has 0 N–H and O–H groups in total. The lowest BCUT2D eigenvalue weighted by Crippen LogP contribution is -2.28. The quantitative estimate of drug-likeness (QED) is 0.731. The highest BCUT2D eigenvalue weighted by Crippen LogP contribution is 2.25. The van der Waals surface area contributed by atoms with Gasteiger partial charge in [-0.05, 0) is 56.7 Å². The second kappa shape index (κ2) is 6.71. The van der Waals surface area contributed by atoms with Gasteiger partial charge in [-0.3, -0.25) is 4.79 Å². The third-order valence-electron chi connectivity index (χ3n) is 4.79. The summed E-state index contributed by atoms with van der Waals surface area (Å²) in [4.78, 5) is 23.3. The maximum absolute atomic E-state index is 12.8. The number of hydrogen-bond acceptors (Lipinski definition) is 4. The molecule has 6 nitrogen and oxygen atoms in total. The van der Waals surface area contributed by atoms with E-state index in [9.17, 15) is 4.79 Å². The Bertz CT molecular complexity index is 917. The Labute approximate surface area is 152 Å². The van der Waals surface area contributed by atoms with E-state index in [1.54, 1.807) is 12.4 Å². The Balaban J connectivity index is 1.48. The molecule has 1 fully saturated rings. The third kappa shape index (κ3) is 3.10. The summed E-state index contributed by atoms with van der Waals surface area (Å²) in [7, 11) is 0. The van der Waals surface area contributed by atoms with Crippen molar-refractivity contribution in [3.8, 4) is 5.69 Å². The molecule has 132 valence electrons. The molecule has 0 aliphatic carbocycles. The number of likely N-dealkylation sites (tertiary alicyclic amines) is 1. The largest absolute Gasteiger partial charge is 0.338 e. The second-order valence-electron chi connectivity index (χ2n) is 6.73. The molecule has 0 bridgehead atoms. The van der Waals surface area contributed by atoms with Crippen molar-refractivity contribution in [2.75, 3.05) is 13.1 Å². The monoisotopic (exact) mass is 347 g/mol. The number of aryl methyl sites for hydroxylation is 2. The van der Waals surface area contributed by atoms with Gasteiger partial charge in [0.25, 0.3) is 5.91 Å². The van der Waals surface area contributed by atoms with E-state index in [1.165, 1.54) is 0 Å². The molecule has 1 amide bonds. The highest BCUT2D eigenvalue weighted by Gasteiger charge is 2.29. The smallest absolute Gasteiger partial charge is 0.253 e. The van der Waals surface area contributed by atoms with E-state index in [0.29, 0.717) is 12.1 Å². The molecule has 2 aromatic heterocycles. The number of carbonyl (C=O) groups is 1. The summed E-state index contributed by atoms with van der Waals surface area (Å²) in [5.41, 5.74) is 3.72. The van der Waals surface area contributed by atoms with Crippen LogP contribution in [0.1, 0.15) is 39.9 Å². The minimum absolute atomic E-state index is 0.0587. The van der Waals surface area contributed by atoms with Gasteiger partial charge in [0.15, 0.2) is 0 Å². The van der Waals surface area contributed by atoms with Crippen LogP contribution in [0.4, 0.5) is 0 Å². The predicted molar refractivity (Wildman–Crippen MR) is 98.3 cm³/mol. The molecule has 26 heavy (non-hydrogen) atoms. The minimum atomic E-state index is 0.0587. The first-order chi connectivity index (χ1) is 12.6. The van der Waals surface area contributed by atoms with Crippen molar-refractivity contribution in [1.82, 2.24) is 24.6 Å². The van der Waals surface area contributed by atoms with Crippen LogP contribution in [0.2, 0.25) is 0 Å². The Hall–Kier alpha value is -3.02. The fraction of sp³-hybridized carbons (Fsp3) is 0.300. The molecule has 3 aromatic rings. The van der Waals surface area contributed by atoms with E-state index in [2.05, 4.69) is 15.1 Å². The SMILES string of the molecule is Cc1cc(C)n(-c2ccc(C(=O)N3CCC(c4ncccn4)C3)cc2)n1. The van der Waals surface area contributed by atoms with Crippen LogP contribution in [0.25, 0.3) is 5.69 Å². The van der Waals surface area contributed by atoms with Crippen LogP contribution in [0.3, 0.4) is 0 Å². The number of nitrogens with zero attached hydrogens (tertiary/aromatic N) is 5. The fourth-order valence-corrected chi connectivity index (χ4v) is 3.49. The molecule has 1 aliphatic heterocycles. The van der Waals surface area contributed by atoms with Crippen LogP contribution >= 0.6 is 0 Å². The molecule has 3 heterocycles. The summed E-state index contributed by atoms with van der Waals surface area (Å²) in [6, 6.07) is 11.5. The van der Waals surface area contributed by atoms with E-state index in [-0.39, 0.29) is 11.8 Å². The van der Waals surface area contributed by atoms with Crippen molar-refractivity contribution < 1.29 is 4.79 Å². The van der Waals surface area contributed by atoms with Crippen molar-refractivity contribution in [3.63, 3.8) is 0 Å². The number of amides is 1. The zero-order valence-corrected chi connectivity index (χ0v) is 15.0. The molecule has 0 radical (unpaired) electrons. The van der Waals surface area contributed by atoms with Crippen molar-refractivity contribution >= 4 is 5.91 Å². The summed E-state index contributed by atoms with van der Waals surface area (Å²) >= 11 is 0. The zero-order chi connectivity index (χ0) is 18.1. The normalized spacial score (nSPS) is 16.8. The zero-order valence-electron chi connectivity index (χ0n) is 15.0. The highest BCUT2D eigenvalue weighted by molar-refractivity contribution is 5.94. The number of hydrogen-bond donors (Lipinski definition) is 0. The van der Waals surface area contributed by atoms with Gasteiger partial charge in [-0.1, -0.05) is 0 Å². The molecule has 1 atom stereocenters. The van der Waals surface area contributed by atoms with E-state index >= 15 is 0 Å². The van der Waals surface area contributed by atoms with Crippen LogP contribution < -0.4 is 0 Å². The molecular weight excluding hydrogens is 326 g/mol. The van der Waals surface area contributed by atoms with Crippen molar-refractivity contribution in [2.45, 2.75) is 26.2 Å². The molecule has 6 heteroatoms. The van der Waals surface area contributed by atoms with Gasteiger partial charge in [-0.15, -0.1) is 0 Å². The van der Waals surface area contributed by atoms with Gasteiger partial charge in [0.2, 0.25) is 0 Å². The molecular formula is C20H21N5O. The number of benzene rings is 1. The Kier molecular flexibility index (Phi) is 4.24. The lowest BCUT2D eigenvalue weighted by molar-refractivity contribution is 0.0790. The van der Waals surface area contributed by atoms with Gasteiger partial charge in [0, 0.05) is 42.7 Å². The molecule has 4 rings (SSSR count). The molecule has 0 spiro atoms. The Morgan fingerprint density at radius 3 is 2.50 bits per heavy atom. The number of carbonyl (C=O) groups excluding carboxylic acids is 1. The van der Waals surface area contributed by atoms with Gasteiger partial charge in [0.1, 0.15) is 5.82 Å². The molecule has 1 unspecified atom stereocenters.